The van der Waals surface area contributed by atoms with Crippen molar-refractivity contribution in [1.82, 2.24) is 14.3 Å². The molecule has 0 aromatic carbocycles. The molecular formula is C10H23N3O2S. The van der Waals surface area contributed by atoms with Crippen molar-refractivity contribution in [3.8, 4) is 0 Å². The second-order valence-electron chi connectivity index (χ2n) is 4.68. The summed E-state index contributed by atoms with van der Waals surface area (Å²) < 4.78 is 27.7. The zero-order valence-corrected chi connectivity index (χ0v) is 11.2. The molecule has 1 aliphatic heterocycles. The van der Waals surface area contributed by atoms with Gasteiger partial charge in [-0.3, -0.25) is 0 Å². The van der Waals surface area contributed by atoms with Crippen molar-refractivity contribution in [1.29, 1.82) is 0 Å². The Balaban J connectivity index is 2.41. The van der Waals surface area contributed by atoms with Crippen LogP contribution in [0, 0.1) is 5.92 Å². The van der Waals surface area contributed by atoms with Crippen LogP contribution in [0.4, 0.5) is 0 Å². The first-order valence-corrected chi connectivity index (χ1v) is 7.31. The van der Waals surface area contributed by atoms with Gasteiger partial charge in [0.25, 0.3) is 10.2 Å². The molecule has 0 amide bonds. The van der Waals surface area contributed by atoms with Gasteiger partial charge in [0.05, 0.1) is 0 Å². The molecule has 1 fully saturated rings. The summed E-state index contributed by atoms with van der Waals surface area (Å²) in [4.78, 5) is 0. The van der Waals surface area contributed by atoms with Gasteiger partial charge in [-0.1, -0.05) is 0 Å². The van der Waals surface area contributed by atoms with E-state index in [2.05, 4.69) is 10.0 Å². The summed E-state index contributed by atoms with van der Waals surface area (Å²) in [5.74, 6) is 0.420. The minimum absolute atomic E-state index is 0.0121. The van der Waals surface area contributed by atoms with Crippen molar-refractivity contribution in [2.24, 2.45) is 5.92 Å². The number of hydrogen-bond donors (Lipinski definition) is 2. The fourth-order valence-corrected chi connectivity index (χ4v) is 2.91. The van der Waals surface area contributed by atoms with E-state index in [0.717, 1.165) is 25.9 Å². The number of nitrogens with zero attached hydrogens (tertiary/aromatic N) is 1. The Bertz CT molecular complexity index is 297. The highest BCUT2D eigenvalue weighted by atomic mass is 32.2. The van der Waals surface area contributed by atoms with E-state index in [9.17, 15) is 8.42 Å². The Labute approximate surface area is 98.8 Å². The minimum atomic E-state index is -3.30. The van der Waals surface area contributed by atoms with Crippen molar-refractivity contribution in [2.45, 2.75) is 32.7 Å². The zero-order valence-electron chi connectivity index (χ0n) is 10.4. The predicted octanol–water partition coefficient (Wildman–Crippen LogP) is 0.161. The lowest BCUT2D eigenvalue weighted by Crippen LogP contribution is -2.45. The van der Waals surface area contributed by atoms with Crippen LogP contribution >= 0.6 is 0 Å². The van der Waals surface area contributed by atoms with Crippen molar-refractivity contribution >= 4 is 10.2 Å². The zero-order chi connectivity index (χ0) is 12.2. The third kappa shape index (κ3) is 4.01. The quantitative estimate of drug-likeness (QED) is 0.730. The summed E-state index contributed by atoms with van der Waals surface area (Å²) in [5, 5.41) is 3.27. The van der Waals surface area contributed by atoms with Gasteiger partial charge in [-0.25, -0.2) is 4.72 Å². The van der Waals surface area contributed by atoms with E-state index in [4.69, 9.17) is 0 Å². The highest BCUT2D eigenvalue weighted by molar-refractivity contribution is 7.87. The average molecular weight is 249 g/mol. The van der Waals surface area contributed by atoms with Gasteiger partial charge < -0.3 is 5.32 Å². The van der Waals surface area contributed by atoms with Gasteiger partial charge in [0.1, 0.15) is 0 Å². The summed E-state index contributed by atoms with van der Waals surface area (Å²) in [6, 6.07) is -0.0121. The van der Waals surface area contributed by atoms with Crippen molar-refractivity contribution in [2.75, 3.05) is 26.7 Å². The Morgan fingerprint density at radius 3 is 2.69 bits per heavy atom. The third-order valence-corrected chi connectivity index (χ3v) is 4.77. The van der Waals surface area contributed by atoms with E-state index in [1.54, 1.807) is 7.05 Å². The van der Waals surface area contributed by atoms with Crippen LogP contribution in [-0.4, -0.2) is 45.4 Å². The molecule has 0 aromatic rings. The van der Waals surface area contributed by atoms with Crippen LogP contribution in [0.5, 0.6) is 0 Å². The van der Waals surface area contributed by atoms with Gasteiger partial charge in [0.15, 0.2) is 0 Å². The largest absolute Gasteiger partial charge is 0.316 e. The lowest BCUT2D eigenvalue weighted by Gasteiger charge is -2.26. The molecule has 1 atom stereocenters. The molecule has 5 nitrogen and oxygen atoms in total. The maximum Gasteiger partial charge on any atom is 0.279 e. The molecule has 0 radical (unpaired) electrons. The number of hydrogen-bond acceptors (Lipinski definition) is 3. The first-order chi connectivity index (χ1) is 7.43. The molecule has 6 heteroatoms. The Morgan fingerprint density at radius 1 is 1.50 bits per heavy atom. The lowest BCUT2D eigenvalue weighted by molar-refractivity contribution is 0.362. The van der Waals surface area contributed by atoms with Gasteiger partial charge >= 0.3 is 0 Å². The molecule has 0 spiro atoms. The van der Waals surface area contributed by atoms with Gasteiger partial charge in [-0.15, -0.1) is 0 Å². The molecule has 96 valence electrons. The topological polar surface area (TPSA) is 61.4 Å². The standard InChI is InChI=1S/C10H23N3O2S/c1-9(2)13(3)16(14,15)12-8-10-5-4-6-11-7-10/h9-12H,4-8H2,1-3H3. The highest BCUT2D eigenvalue weighted by Crippen LogP contribution is 2.09. The smallest absolute Gasteiger partial charge is 0.279 e. The first kappa shape index (κ1) is 13.9. The van der Waals surface area contributed by atoms with E-state index >= 15 is 0 Å². The predicted molar refractivity (Wildman–Crippen MR) is 65.4 cm³/mol. The lowest BCUT2D eigenvalue weighted by atomic mass is 10.0. The van der Waals surface area contributed by atoms with Crippen LogP contribution in [0.25, 0.3) is 0 Å². The van der Waals surface area contributed by atoms with Crippen molar-refractivity contribution in [3.05, 3.63) is 0 Å². The molecule has 1 heterocycles. The SMILES string of the molecule is CC(C)N(C)S(=O)(=O)NCC1CCCNC1. The molecule has 0 aromatic heterocycles. The summed E-state index contributed by atoms with van der Waals surface area (Å²) in [7, 11) is -1.70. The van der Waals surface area contributed by atoms with Gasteiger partial charge in [0.2, 0.25) is 0 Å². The molecule has 0 saturated carbocycles. The molecule has 0 aliphatic carbocycles. The Hall–Kier alpha value is -0.170. The molecule has 16 heavy (non-hydrogen) atoms. The van der Waals surface area contributed by atoms with Gasteiger partial charge in [-0.2, -0.15) is 12.7 Å². The van der Waals surface area contributed by atoms with E-state index in [1.165, 1.54) is 4.31 Å². The Kier molecular flexibility index (Phi) is 5.17. The van der Waals surface area contributed by atoms with Crippen molar-refractivity contribution < 1.29 is 8.42 Å². The second kappa shape index (κ2) is 5.95. The fraction of sp³-hybridized carbons (Fsp3) is 1.00. The summed E-state index contributed by atoms with van der Waals surface area (Å²) >= 11 is 0. The normalized spacial score (nSPS) is 22.9. The third-order valence-electron chi connectivity index (χ3n) is 3.06. The summed E-state index contributed by atoms with van der Waals surface area (Å²) in [6.45, 7) is 6.22. The molecule has 2 N–H and O–H groups in total. The molecule has 0 bridgehead atoms. The van der Waals surface area contributed by atoms with E-state index < -0.39 is 10.2 Å². The fourth-order valence-electron chi connectivity index (χ4n) is 1.70. The van der Waals surface area contributed by atoms with Gasteiger partial charge in [0, 0.05) is 19.6 Å². The van der Waals surface area contributed by atoms with Crippen LogP contribution in [0.3, 0.4) is 0 Å². The van der Waals surface area contributed by atoms with Crippen LogP contribution in [-0.2, 0) is 10.2 Å². The molecule has 1 saturated heterocycles. The van der Waals surface area contributed by atoms with Crippen LogP contribution in [0.2, 0.25) is 0 Å². The second-order valence-corrected chi connectivity index (χ2v) is 6.49. The summed E-state index contributed by atoms with van der Waals surface area (Å²) in [5.41, 5.74) is 0. The number of rotatable bonds is 5. The average Bonchev–Trinajstić information content (AvgIpc) is 2.27. The maximum atomic E-state index is 11.8. The molecule has 1 aliphatic rings. The van der Waals surface area contributed by atoms with E-state index in [0.29, 0.717) is 12.5 Å². The number of nitrogens with one attached hydrogen (secondary N) is 2. The van der Waals surface area contributed by atoms with Crippen LogP contribution < -0.4 is 10.0 Å². The molecule has 1 unspecified atom stereocenters. The first-order valence-electron chi connectivity index (χ1n) is 5.87. The maximum absolute atomic E-state index is 11.8. The van der Waals surface area contributed by atoms with E-state index in [-0.39, 0.29) is 6.04 Å². The molecule has 1 rings (SSSR count). The number of piperidine rings is 1. The summed E-state index contributed by atoms with van der Waals surface area (Å²) in [6.07, 6.45) is 2.23. The van der Waals surface area contributed by atoms with Crippen LogP contribution in [0.1, 0.15) is 26.7 Å². The Morgan fingerprint density at radius 2 is 2.19 bits per heavy atom. The molecular weight excluding hydrogens is 226 g/mol. The minimum Gasteiger partial charge on any atom is -0.316 e. The monoisotopic (exact) mass is 249 g/mol. The van der Waals surface area contributed by atoms with Crippen molar-refractivity contribution in [3.63, 3.8) is 0 Å². The highest BCUT2D eigenvalue weighted by Gasteiger charge is 2.22. The van der Waals surface area contributed by atoms with Gasteiger partial charge in [-0.05, 0) is 45.7 Å². The van der Waals surface area contributed by atoms with E-state index in [1.807, 2.05) is 13.8 Å². The van der Waals surface area contributed by atoms with Crippen LogP contribution in [0.15, 0.2) is 0 Å².